The zero-order valence-electron chi connectivity index (χ0n) is 7.37. The monoisotopic (exact) mass is 263 g/mol. The number of aliphatic hydroxyl groups excluding tert-OH is 1. The van der Waals surface area contributed by atoms with E-state index in [0.29, 0.717) is 4.47 Å². The lowest BCUT2D eigenvalue weighted by Gasteiger charge is -2.12. The molecule has 0 saturated heterocycles. The Morgan fingerprint density at radius 2 is 2.14 bits per heavy atom. The summed E-state index contributed by atoms with van der Waals surface area (Å²) in [5.41, 5.74) is 5.40. The number of halogens is 2. The molecule has 0 radical (unpaired) electrons. The molecule has 0 fully saturated rings. The van der Waals surface area contributed by atoms with Gasteiger partial charge in [0.25, 0.3) is 0 Å². The average Bonchev–Trinajstić information content (AvgIpc) is 2.11. The van der Waals surface area contributed by atoms with Crippen molar-refractivity contribution in [1.29, 1.82) is 0 Å². The van der Waals surface area contributed by atoms with E-state index in [4.69, 9.17) is 5.73 Å². The SMILES string of the molecule is NCC[C@H](O)c1cc(Br)cc(F)c1O. The number of hydrogen-bond acceptors (Lipinski definition) is 3. The predicted octanol–water partition coefficient (Wildman–Crippen LogP) is 1.68. The highest BCUT2D eigenvalue weighted by Gasteiger charge is 2.15. The molecule has 4 N–H and O–H groups in total. The second kappa shape index (κ2) is 4.72. The third kappa shape index (κ3) is 2.43. The minimum Gasteiger partial charge on any atom is -0.505 e. The lowest BCUT2D eigenvalue weighted by atomic mass is 10.1. The first kappa shape index (κ1) is 11.4. The summed E-state index contributed by atoms with van der Waals surface area (Å²) in [5, 5.41) is 18.8. The molecule has 0 unspecified atom stereocenters. The van der Waals surface area contributed by atoms with Gasteiger partial charge in [0.15, 0.2) is 11.6 Å². The summed E-state index contributed by atoms with van der Waals surface area (Å²) in [4.78, 5) is 0. The van der Waals surface area contributed by atoms with Crippen LogP contribution >= 0.6 is 15.9 Å². The number of hydrogen-bond donors (Lipinski definition) is 3. The van der Waals surface area contributed by atoms with Gasteiger partial charge in [0.05, 0.1) is 6.10 Å². The summed E-state index contributed by atoms with van der Waals surface area (Å²) >= 11 is 3.07. The van der Waals surface area contributed by atoms with Crippen LogP contribution in [0.25, 0.3) is 0 Å². The van der Waals surface area contributed by atoms with Gasteiger partial charge >= 0.3 is 0 Å². The van der Waals surface area contributed by atoms with E-state index in [9.17, 15) is 14.6 Å². The van der Waals surface area contributed by atoms with Gasteiger partial charge in [-0.3, -0.25) is 0 Å². The summed E-state index contributed by atoms with van der Waals surface area (Å²) in [6, 6.07) is 2.60. The predicted molar refractivity (Wildman–Crippen MR) is 54.4 cm³/mol. The Labute approximate surface area is 89.5 Å². The third-order valence-corrected chi connectivity index (χ3v) is 2.31. The number of rotatable bonds is 3. The Balaban J connectivity index is 3.07. The van der Waals surface area contributed by atoms with Crippen molar-refractivity contribution < 1.29 is 14.6 Å². The van der Waals surface area contributed by atoms with Crippen molar-refractivity contribution in [3.8, 4) is 5.75 Å². The van der Waals surface area contributed by atoms with Crippen LogP contribution in [0.1, 0.15) is 18.1 Å². The number of aromatic hydroxyl groups is 1. The normalized spacial score (nSPS) is 12.9. The zero-order chi connectivity index (χ0) is 10.7. The van der Waals surface area contributed by atoms with E-state index in [1.807, 2.05) is 0 Å². The van der Waals surface area contributed by atoms with Crippen molar-refractivity contribution in [3.63, 3.8) is 0 Å². The zero-order valence-corrected chi connectivity index (χ0v) is 8.96. The second-order valence-corrected chi connectivity index (χ2v) is 3.83. The van der Waals surface area contributed by atoms with Crippen LogP contribution in [0, 0.1) is 5.82 Å². The van der Waals surface area contributed by atoms with Gasteiger partial charge in [0.2, 0.25) is 0 Å². The van der Waals surface area contributed by atoms with Gasteiger partial charge in [-0.15, -0.1) is 0 Å². The van der Waals surface area contributed by atoms with E-state index < -0.39 is 17.7 Å². The van der Waals surface area contributed by atoms with Crippen molar-refractivity contribution in [3.05, 3.63) is 28.0 Å². The maximum absolute atomic E-state index is 13.0. The molecule has 0 spiro atoms. The van der Waals surface area contributed by atoms with E-state index in [-0.39, 0.29) is 18.5 Å². The molecule has 0 aromatic heterocycles. The highest BCUT2D eigenvalue weighted by atomic mass is 79.9. The Kier molecular flexibility index (Phi) is 3.86. The molecule has 0 bridgehead atoms. The highest BCUT2D eigenvalue weighted by Crippen LogP contribution is 2.31. The molecule has 78 valence electrons. The Bertz CT molecular complexity index is 333. The second-order valence-electron chi connectivity index (χ2n) is 2.92. The van der Waals surface area contributed by atoms with Gasteiger partial charge in [-0.2, -0.15) is 0 Å². The van der Waals surface area contributed by atoms with E-state index in [1.165, 1.54) is 6.07 Å². The molecule has 0 amide bonds. The Morgan fingerprint density at radius 3 is 2.71 bits per heavy atom. The summed E-state index contributed by atoms with van der Waals surface area (Å²) in [5.74, 6) is -1.28. The molecule has 0 aliphatic carbocycles. The minimum atomic E-state index is -0.938. The molecular formula is C9H11BrFNO2. The molecule has 5 heteroatoms. The van der Waals surface area contributed by atoms with Crippen molar-refractivity contribution in [2.75, 3.05) is 6.54 Å². The lowest BCUT2D eigenvalue weighted by Crippen LogP contribution is -2.07. The Hall–Kier alpha value is -0.650. The van der Waals surface area contributed by atoms with Crippen LogP contribution in [0.4, 0.5) is 4.39 Å². The first-order valence-electron chi connectivity index (χ1n) is 4.12. The van der Waals surface area contributed by atoms with Crippen LogP contribution in [0.2, 0.25) is 0 Å². The number of phenolic OH excluding ortho intramolecular Hbond substituents is 1. The molecular weight excluding hydrogens is 253 g/mol. The van der Waals surface area contributed by atoms with Crippen molar-refractivity contribution in [1.82, 2.24) is 0 Å². The largest absolute Gasteiger partial charge is 0.505 e. The van der Waals surface area contributed by atoms with E-state index in [0.717, 1.165) is 6.07 Å². The van der Waals surface area contributed by atoms with Crippen LogP contribution in [0.15, 0.2) is 16.6 Å². The van der Waals surface area contributed by atoms with Crippen LogP contribution in [0.3, 0.4) is 0 Å². The molecule has 0 aliphatic heterocycles. The fourth-order valence-corrected chi connectivity index (χ4v) is 1.60. The molecule has 1 rings (SSSR count). The van der Waals surface area contributed by atoms with Crippen molar-refractivity contribution in [2.45, 2.75) is 12.5 Å². The van der Waals surface area contributed by atoms with E-state index in [1.54, 1.807) is 0 Å². The van der Waals surface area contributed by atoms with Gasteiger partial charge in [0.1, 0.15) is 0 Å². The number of nitrogens with two attached hydrogens (primary N) is 1. The summed E-state index contributed by atoms with van der Waals surface area (Å²) in [7, 11) is 0. The molecule has 1 aromatic rings. The summed E-state index contributed by atoms with van der Waals surface area (Å²) in [6.45, 7) is 0.273. The fourth-order valence-electron chi connectivity index (χ4n) is 1.15. The molecule has 14 heavy (non-hydrogen) atoms. The molecule has 1 atom stereocenters. The van der Waals surface area contributed by atoms with E-state index >= 15 is 0 Å². The molecule has 3 nitrogen and oxygen atoms in total. The first-order valence-corrected chi connectivity index (χ1v) is 4.91. The van der Waals surface area contributed by atoms with Crippen LogP contribution in [-0.2, 0) is 0 Å². The topological polar surface area (TPSA) is 66.5 Å². The molecule has 1 aromatic carbocycles. The number of benzene rings is 1. The number of phenols is 1. The third-order valence-electron chi connectivity index (χ3n) is 1.86. The van der Waals surface area contributed by atoms with Crippen LogP contribution < -0.4 is 5.73 Å². The number of aliphatic hydroxyl groups is 1. The maximum atomic E-state index is 13.0. The van der Waals surface area contributed by atoms with Gasteiger partial charge in [0, 0.05) is 10.0 Å². The highest BCUT2D eigenvalue weighted by molar-refractivity contribution is 9.10. The molecule has 0 saturated carbocycles. The maximum Gasteiger partial charge on any atom is 0.166 e. The molecule has 0 heterocycles. The van der Waals surface area contributed by atoms with Gasteiger partial charge in [-0.25, -0.2) is 4.39 Å². The minimum absolute atomic E-state index is 0.155. The van der Waals surface area contributed by atoms with Crippen LogP contribution in [-0.4, -0.2) is 16.8 Å². The smallest absolute Gasteiger partial charge is 0.166 e. The van der Waals surface area contributed by atoms with Crippen molar-refractivity contribution >= 4 is 15.9 Å². The van der Waals surface area contributed by atoms with E-state index in [2.05, 4.69) is 15.9 Å². The Morgan fingerprint density at radius 1 is 1.50 bits per heavy atom. The van der Waals surface area contributed by atoms with Gasteiger partial charge < -0.3 is 15.9 Å². The quantitative estimate of drug-likeness (QED) is 0.778. The van der Waals surface area contributed by atoms with Gasteiger partial charge in [-0.05, 0) is 25.1 Å². The first-order chi connectivity index (χ1) is 6.56. The lowest BCUT2D eigenvalue weighted by molar-refractivity contribution is 0.165. The standard InChI is InChI=1S/C9H11BrFNO2/c10-5-3-6(8(13)1-2-12)9(14)7(11)4-5/h3-4,8,13-14H,1-2,12H2/t8-/m0/s1. The van der Waals surface area contributed by atoms with Crippen LogP contribution in [0.5, 0.6) is 5.75 Å². The summed E-state index contributed by atoms with van der Waals surface area (Å²) in [6.07, 6.45) is -0.657. The van der Waals surface area contributed by atoms with Gasteiger partial charge in [-0.1, -0.05) is 15.9 Å². The fraction of sp³-hybridized carbons (Fsp3) is 0.333. The van der Waals surface area contributed by atoms with Crippen molar-refractivity contribution in [2.24, 2.45) is 5.73 Å². The molecule has 0 aliphatic rings. The average molecular weight is 264 g/mol. The summed E-state index contributed by atoms with van der Waals surface area (Å²) < 4.78 is 13.5.